The van der Waals surface area contributed by atoms with Crippen LogP contribution in [0, 0.1) is 5.92 Å². The molecular formula is C19H31N3O. The molecule has 0 radical (unpaired) electrons. The quantitative estimate of drug-likeness (QED) is 0.812. The molecule has 23 heavy (non-hydrogen) atoms. The fourth-order valence-electron chi connectivity index (χ4n) is 3.26. The lowest BCUT2D eigenvalue weighted by atomic mass is 9.85. The Balaban J connectivity index is 1.67. The molecule has 3 atom stereocenters. The van der Waals surface area contributed by atoms with Gasteiger partial charge in [0, 0.05) is 31.1 Å². The van der Waals surface area contributed by atoms with Crippen LogP contribution in [0.1, 0.15) is 44.6 Å². The second kappa shape index (κ2) is 9.04. The standard InChI is InChI=1S/C19H31N3O/c1-15(22(2)14-16-7-4-3-5-8-16)11-12-21-19(23)17-9-6-10-18(20)13-17/h3-5,7-8,15,17-18H,6,9-14,20H2,1-2H3,(H,21,23). The molecule has 0 bridgehead atoms. The molecule has 1 aromatic carbocycles. The largest absolute Gasteiger partial charge is 0.356 e. The van der Waals surface area contributed by atoms with E-state index in [1.165, 1.54) is 5.56 Å². The number of nitrogens with zero attached hydrogens (tertiary/aromatic N) is 1. The summed E-state index contributed by atoms with van der Waals surface area (Å²) in [5.74, 6) is 0.314. The molecule has 1 amide bonds. The summed E-state index contributed by atoms with van der Waals surface area (Å²) in [6, 6.07) is 11.1. The minimum Gasteiger partial charge on any atom is -0.356 e. The molecule has 1 aromatic rings. The minimum absolute atomic E-state index is 0.121. The second-order valence-electron chi connectivity index (χ2n) is 6.95. The van der Waals surface area contributed by atoms with Gasteiger partial charge < -0.3 is 11.1 Å². The zero-order chi connectivity index (χ0) is 16.7. The summed E-state index contributed by atoms with van der Waals surface area (Å²) < 4.78 is 0. The Morgan fingerprint density at radius 1 is 1.35 bits per heavy atom. The van der Waals surface area contributed by atoms with Gasteiger partial charge in [-0.05, 0) is 45.2 Å². The van der Waals surface area contributed by atoms with Crippen molar-refractivity contribution < 1.29 is 4.79 Å². The van der Waals surface area contributed by atoms with Gasteiger partial charge in [-0.25, -0.2) is 0 Å². The van der Waals surface area contributed by atoms with Crippen LogP contribution >= 0.6 is 0 Å². The first kappa shape index (κ1) is 18.0. The van der Waals surface area contributed by atoms with Crippen LogP contribution in [0.25, 0.3) is 0 Å². The van der Waals surface area contributed by atoms with Gasteiger partial charge in [-0.2, -0.15) is 0 Å². The molecule has 0 aromatic heterocycles. The van der Waals surface area contributed by atoms with Crippen molar-refractivity contribution in [1.82, 2.24) is 10.2 Å². The van der Waals surface area contributed by atoms with Gasteiger partial charge in [-0.3, -0.25) is 9.69 Å². The first-order valence-corrected chi connectivity index (χ1v) is 8.83. The number of hydrogen-bond donors (Lipinski definition) is 2. The predicted octanol–water partition coefficient (Wildman–Crippen LogP) is 2.53. The van der Waals surface area contributed by atoms with Crippen LogP contribution < -0.4 is 11.1 Å². The molecule has 0 saturated heterocycles. The van der Waals surface area contributed by atoms with Crippen molar-refractivity contribution >= 4 is 5.91 Å². The van der Waals surface area contributed by atoms with E-state index in [4.69, 9.17) is 5.73 Å². The van der Waals surface area contributed by atoms with Crippen LogP contribution in [-0.2, 0) is 11.3 Å². The van der Waals surface area contributed by atoms with Gasteiger partial charge in [0.05, 0.1) is 0 Å². The van der Waals surface area contributed by atoms with Gasteiger partial charge in [0.25, 0.3) is 0 Å². The third-order valence-electron chi connectivity index (χ3n) is 4.97. The van der Waals surface area contributed by atoms with E-state index in [0.717, 1.165) is 45.2 Å². The van der Waals surface area contributed by atoms with E-state index >= 15 is 0 Å². The van der Waals surface area contributed by atoms with Crippen LogP contribution in [0.3, 0.4) is 0 Å². The zero-order valence-corrected chi connectivity index (χ0v) is 14.5. The highest BCUT2D eigenvalue weighted by atomic mass is 16.1. The molecule has 3 N–H and O–H groups in total. The van der Waals surface area contributed by atoms with E-state index < -0.39 is 0 Å². The van der Waals surface area contributed by atoms with E-state index in [1.807, 2.05) is 6.07 Å². The summed E-state index contributed by atoms with van der Waals surface area (Å²) >= 11 is 0. The molecule has 2 rings (SSSR count). The molecule has 128 valence electrons. The molecule has 1 aliphatic rings. The normalized spacial score (nSPS) is 22.8. The number of benzene rings is 1. The molecule has 0 spiro atoms. The molecule has 1 saturated carbocycles. The van der Waals surface area contributed by atoms with Crippen LogP contribution in [0.5, 0.6) is 0 Å². The smallest absolute Gasteiger partial charge is 0.223 e. The topological polar surface area (TPSA) is 58.4 Å². The lowest BCUT2D eigenvalue weighted by molar-refractivity contribution is -0.126. The van der Waals surface area contributed by atoms with Gasteiger partial charge in [-0.15, -0.1) is 0 Å². The number of hydrogen-bond acceptors (Lipinski definition) is 3. The second-order valence-corrected chi connectivity index (χ2v) is 6.95. The molecule has 1 aliphatic carbocycles. The maximum Gasteiger partial charge on any atom is 0.223 e. The third kappa shape index (κ3) is 5.96. The van der Waals surface area contributed by atoms with E-state index in [1.54, 1.807) is 0 Å². The van der Waals surface area contributed by atoms with E-state index in [2.05, 4.69) is 48.5 Å². The average Bonchev–Trinajstić information content (AvgIpc) is 2.55. The van der Waals surface area contributed by atoms with Gasteiger partial charge in [0.15, 0.2) is 0 Å². The first-order chi connectivity index (χ1) is 11.1. The highest BCUT2D eigenvalue weighted by Gasteiger charge is 2.25. The molecule has 0 heterocycles. The summed E-state index contributed by atoms with van der Waals surface area (Å²) in [7, 11) is 2.14. The number of carbonyl (C=O) groups excluding carboxylic acids is 1. The van der Waals surface area contributed by atoms with E-state index in [-0.39, 0.29) is 17.9 Å². The Bertz CT molecular complexity index is 477. The molecular weight excluding hydrogens is 286 g/mol. The Hall–Kier alpha value is -1.39. The molecule has 0 aliphatic heterocycles. The predicted molar refractivity (Wildman–Crippen MR) is 94.9 cm³/mol. The minimum atomic E-state index is 0.121. The SMILES string of the molecule is CC(CCNC(=O)C1CCCC(N)C1)N(C)Cc1ccccc1. The van der Waals surface area contributed by atoms with Crippen molar-refractivity contribution in [1.29, 1.82) is 0 Å². The Kier molecular flexibility index (Phi) is 7.06. The Morgan fingerprint density at radius 3 is 2.78 bits per heavy atom. The van der Waals surface area contributed by atoms with Crippen molar-refractivity contribution in [2.75, 3.05) is 13.6 Å². The lowest BCUT2D eigenvalue weighted by Crippen LogP contribution is -2.39. The van der Waals surface area contributed by atoms with Crippen molar-refractivity contribution in [2.24, 2.45) is 11.7 Å². The number of carbonyl (C=O) groups is 1. The molecule has 3 unspecified atom stereocenters. The van der Waals surface area contributed by atoms with Crippen molar-refractivity contribution in [3.05, 3.63) is 35.9 Å². The van der Waals surface area contributed by atoms with Crippen molar-refractivity contribution in [3.63, 3.8) is 0 Å². The maximum absolute atomic E-state index is 12.2. The molecule has 4 heteroatoms. The Labute approximate surface area is 140 Å². The molecule has 1 fully saturated rings. The van der Waals surface area contributed by atoms with Crippen LogP contribution in [0.15, 0.2) is 30.3 Å². The van der Waals surface area contributed by atoms with E-state index in [0.29, 0.717) is 6.04 Å². The number of rotatable bonds is 7. The van der Waals surface area contributed by atoms with Gasteiger partial charge in [0.1, 0.15) is 0 Å². The highest BCUT2D eigenvalue weighted by molar-refractivity contribution is 5.78. The zero-order valence-electron chi connectivity index (χ0n) is 14.5. The fraction of sp³-hybridized carbons (Fsp3) is 0.632. The summed E-state index contributed by atoms with van der Waals surface area (Å²) in [6.07, 6.45) is 4.94. The van der Waals surface area contributed by atoms with Crippen LogP contribution in [0.2, 0.25) is 0 Å². The van der Waals surface area contributed by atoms with Crippen molar-refractivity contribution in [2.45, 2.75) is 57.7 Å². The Morgan fingerprint density at radius 2 is 2.09 bits per heavy atom. The summed E-state index contributed by atoms with van der Waals surface area (Å²) in [5.41, 5.74) is 7.29. The summed E-state index contributed by atoms with van der Waals surface area (Å²) in [6.45, 7) is 3.89. The first-order valence-electron chi connectivity index (χ1n) is 8.83. The molecule has 4 nitrogen and oxygen atoms in total. The highest BCUT2D eigenvalue weighted by Crippen LogP contribution is 2.23. The summed E-state index contributed by atoms with van der Waals surface area (Å²) in [5, 5.41) is 3.10. The summed E-state index contributed by atoms with van der Waals surface area (Å²) in [4.78, 5) is 14.5. The maximum atomic E-state index is 12.2. The van der Waals surface area contributed by atoms with E-state index in [9.17, 15) is 4.79 Å². The fourth-order valence-corrected chi connectivity index (χ4v) is 3.26. The monoisotopic (exact) mass is 317 g/mol. The van der Waals surface area contributed by atoms with Gasteiger partial charge >= 0.3 is 0 Å². The number of nitrogens with one attached hydrogen (secondary N) is 1. The van der Waals surface area contributed by atoms with Crippen LogP contribution in [-0.4, -0.2) is 36.5 Å². The lowest BCUT2D eigenvalue weighted by Gasteiger charge is -2.27. The van der Waals surface area contributed by atoms with Crippen molar-refractivity contribution in [3.8, 4) is 0 Å². The third-order valence-corrected chi connectivity index (χ3v) is 4.97. The average molecular weight is 317 g/mol. The number of nitrogens with two attached hydrogens (primary N) is 1. The van der Waals surface area contributed by atoms with Gasteiger partial charge in [0.2, 0.25) is 5.91 Å². The number of amides is 1. The van der Waals surface area contributed by atoms with Crippen LogP contribution in [0.4, 0.5) is 0 Å². The van der Waals surface area contributed by atoms with Gasteiger partial charge in [-0.1, -0.05) is 36.8 Å².